The maximum atomic E-state index is 5.67. The highest BCUT2D eigenvalue weighted by Crippen LogP contribution is 2.26. The second-order valence-electron chi connectivity index (χ2n) is 3.23. The van der Waals surface area contributed by atoms with E-state index in [2.05, 4.69) is 15.3 Å². The Hall–Kier alpha value is -0.480. The van der Waals surface area contributed by atoms with Crippen LogP contribution in [0.3, 0.4) is 0 Å². The minimum atomic E-state index is 0.300. The molecular formula is C9H12ClN3S. The number of anilines is 1. The normalized spacial score (nSPS) is 21.1. The molecule has 1 aromatic rings. The van der Waals surface area contributed by atoms with E-state index < -0.39 is 0 Å². The van der Waals surface area contributed by atoms with Crippen molar-refractivity contribution in [2.24, 2.45) is 0 Å². The summed E-state index contributed by atoms with van der Waals surface area (Å²) in [6, 6.07) is 1.84. The quantitative estimate of drug-likeness (QED) is 0.808. The van der Waals surface area contributed by atoms with Gasteiger partial charge in [-0.2, -0.15) is 11.8 Å². The molecule has 0 amide bonds. The van der Waals surface area contributed by atoms with E-state index in [-0.39, 0.29) is 0 Å². The van der Waals surface area contributed by atoms with Crippen LogP contribution >= 0.6 is 23.4 Å². The molecule has 0 spiro atoms. The van der Waals surface area contributed by atoms with E-state index in [9.17, 15) is 0 Å². The number of halogens is 1. The van der Waals surface area contributed by atoms with Gasteiger partial charge in [-0.05, 0) is 36.3 Å². The molecule has 14 heavy (non-hydrogen) atoms. The van der Waals surface area contributed by atoms with Gasteiger partial charge in [0.25, 0.3) is 0 Å². The number of nitrogens with one attached hydrogen (secondary N) is 1. The first kappa shape index (κ1) is 10.1. The maximum Gasteiger partial charge on any atom is 0.224 e. The monoisotopic (exact) mass is 229 g/mol. The fourth-order valence-electron chi connectivity index (χ4n) is 1.46. The zero-order valence-corrected chi connectivity index (χ0v) is 9.31. The predicted molar refractivity (Wildman–Crippen MR) is 61.0 cm³/mol. The highest BCUT2D eigenvalue weighted by atomic mass is 35.5. The number of hydrogen-bond donors (Lipinski definition) is 1. The molecule has 1 unspecified atom stereocenters. The van der Waals surface area contributed by atoms with Gasteiger partial charge in [-0.15, -0.1) is 0 Å². The van der Waals surface area contributed by atoms with Crippen molar-refractivity contribution in [2.45, 2.75) is 18.1 Å². The van der Waals surface area contributed by atoms with Gasteiger partial charge in [0.05, 0.1) is 0 Å². The Morgan fingerprint density at radius 3 is 3.29 bits per heavy atom. The van der Waals surface area contributed by atoms with E-state index in [1.54, 1.807) is 6.20 Å². The highest BCUT2D eigenvalue weighted by Gasteiger charge is 2.14. The van der Waals surface area contributed by atoms with Gasteiger partial charge >= 0.3 is 0 Å². The van der Waals surface area contributed by atoms with Gasteiger partial charge in [-0.25, -0.2) is 9.97 Å². The number of thioether (sulfide) groups is 1. The number of rotatable bonds is 3. The molecule has 1 fully saturated rings. The van der Waals surface area contributed by atoms with Crippen molar-refractivity contribution in [3.05, 3.63) is 17.5 Å². The average molecular weight is 230 g/mol. The lowest BCUT2D eigenvalue weighted by molar-refractivity contribution is 0.803. The Morgan fingerprint density at radius 1 is 1.64 bits per heavy atom. The van der Waals surface area contributed by atoms with Crippen LogP contribution < -0.4 is 5.32 Å². The highest BCUT2D eigenvalue weighted by molar-refractivity contribution is 8.00. The number of aromatic nitrogens is 2. The Morgan fingerprint density at radius 2 is 2.57 bits per heavy atom. The zero-order valence-electron chi connectivity index (χ0n) is 7.74. The minimum absolute atomic E-state index is 0.300. The van der Waals surface area contributed by atoms with E-state index in [1.807, 2.05) is 17.8 Å². The molecule has 2 rings (SSSR count). The summed E-state index contributed by atoms with van der Waals surface area (Å²) in [6.45, 7) is 0.970. The van der Waals surface area contributed by atoms with Gasteiger partial charge in [-0.3, -0.25) is 0 Å². The van der Waals surface area contributed by atoms with E-state index in [0.717, 1.165) is 17.6 Å². The minimum Gasteiger partial charge on any atom is -0.369 e. The summed E-state index contributed by atoms with van der Waals surface area (Å²) in [5.41, 5.74) is 0. The van der Waals surface area contributed by atoms with Crippen LogP contribution in [0.25, 0.3) is 0 Å². The second-order valence-corrected chi connectivity index (χ2v) is 4.97. The van der Waals surface area contributed by atoms with Crippen molar-refractivity contribution in [3.63, 3.8) is 0 Å². The molecular weight excluding hydrogens is 218 g/mol. The Bertz CT molecular complexity index is 302. The summed E-state index contributed by atoms with van der Waals surface area (Å²) in [6.07, 6.45) is 4.30. The van der Waals surface area contributed by atoms with Gasteiger partial charge in [0.2, 0.25) is 5.28 Å². The first-order chi connectivity index (χ1) is 6.84. The molecule has 1 N–H and O–H groups in total. The van der Waals surface area contributed by atoms with Crippen molar-refractivity contribution in [1.29, 1.82) is 0 Å². The van der Waals surface area contributed by atoms with Crippen molar-refractivity contribution in [2.75, 3.05) is 17.6 Å². The fraction of sp³-hybridized carbons (Fsp3) is 0.556. The molecule has 1 atom stereocenters. The maximum absolute atomic E-state index is 5.67. The summed E-state index contributed by atoms with van der Waals surface area (Å²) in [4.78, 5) is 7.90. The largest absolute Gasteiger partial charge is 0.369 e. The van der Waals surface area contributed by atoms with Crippen LogP contribution in [0, 0.1) is 0 Å². The Kier molecular flexibility index (Phi) is 3.48. The van der Waals surface area contributed by atoms with Crippen molar-refractivity contribution in [1.82, 2.24) is 9.97 Å². The van der Waals surface area contributed by atoms with Crippen LogP contribution in [-0.4, -0.2) is 27.5 Å². The summed E-state index contributed by atoms with van der Waals surface area (Å²) in [5, 5.41) is 4.30. The summed E-state index contributed by atoms with van der Waals surface area (Å²) in [7, 11) is 0. The molecule has 0 bridgehead atoms. The number of nitrogens with zero attached hydrogens (tertiary/aromatic N) is 2. The smallest absolute Gasteiger partial charge is 0.224 e. The standard InChI is InChI=1S/C9H12ClN3S/c10-9-11-4-3-8(13-9)12-6-7-2-1-5-14-7/h3-4,7H,1-2,5-6H2,(H,11,12,13). The van der Waals surface area contributed by atoms with Crippen LogP contribution in [0.5, 0.6) is 0 Å². The van der Waals surface area contributed by atoms with Gasteiger partial charge < -0.3 is 5.32 Å². The van der Waals surface area contributed by atoms with Gasteiger partial charge in [0.1, 0.15) is 5.82 Å². The molecule has 0 radical (unpaired) electrons. The lowest BCUT2D eigenvalue weighted by atomic mass is 10.2. The van der Waals surface area contributed by atoms with E-state index >= 15 is 0 Å². The molecule has 0 aromatic carbocycles. The third-order valence-electron chi connectivity index (χ3n) is 2.16. The van der Waals surface area contributed by atoms with E-state index in [1.165, 1.54) is 18.6 Å². The molecule has 76 valence electrons. The lowest BCUT2D eigenvalue weighted by Crippen LogP contribution is -2.14. The third-order valence-corrected chi connectivity index (χ3v) is 3.74. The van der Waals surface area contributed by atoms with Crippen LogP contribution in [0.1, 0.15) is 12.8 Å². The number of hydrogen-bond acceptors (Lipinski definition) is 4. The summed E-state index contributed by atoms with van der Waals surface area (Å²) < 4.78 is 0. The van der Waals surface area contributed by atoms with Crippen LogP contribution in [0.4, 0.5) is 5.82 Å². The first-order valence-electron chi connectivity index (χ1n) is 4.68. The summed E-state index contributed by atoms with van der Waals surface area (Å²) in [5.74, 6) is 2.11. The second kappa shape index (κ2) is 4.84. The predicted octanol–water partition coefficient (Wildman–Crippen LogP) is 2.44. The summed E-state index contributed by atoms with van der Waals surface area (Å²) >= 11 is 7.70. The van der Waals surface area contributed by atoms with Crippen LogP contribution in [0.2, 0.25) is 5.28 Å². The van der Waals surface area contributed by atoms with E-state index in [0.29, 0.717) is 5.28 Å². The Balaban J connectivity index is 1.85. The molecule has 1 aliphatic rings. The van der Waals surface area contributed by atoms with Crippen molar-refractivity contribution < 1.29 is 0 Å². The molecule has 3 nitrogen and oxygen atoms in total. The van der Waals surface area contributed by atoms with Gasteiger partial charge in [0.15, 0.2) is 0 Å². The SMILES string of the molecule is Clc1nccc(NCC2CCCS2)n1. The van der Waals surface area contributed by atoms with Crippen LogP contribution in [0.15, 0.2) is 12.3 Å². The molecule has 0 saturated carbocycles. The first-order valence-corrected chi connectivity index (χ1v) is 6.11. The van der Waals surface area contributed by atoms with Crippen LogP contribution in [-0.2, 0) is 0 Å². The van der Waals surface area contributed by atoms with Gasteiger partial charge in [-0.1, -0.05) is 0 Å². The average Bonchev–Trinajstić information content (AvgIpc) is 2.67. The van der Waals surface area contributed by atoms with Crippen molar-refractivity contribution in [3.8, 4) is 0 Å². The zero-order chi connectivity index (χ0) is 9.80. The van der Waals surface area contributed by atoms with E-state index in [4.69, 9.17) is 11.6 Å². The molecule has 1 aliphatic heterocycles. The molecule has 2 heterocycles. The van der Waals surface area contributed by atoms with Gasteiger partial charge in [0, 0.05) is 18.0 Å². The lowest BCUT2D eigenvalue weighted by Gasteiger charge is -2.10. The Labute approximate surface area is 92.7 Å². The molecule has 1 aromatic heterocycles. The molecule has 5 heteroatoms. The molecule has 0 aliphatic carbocycles. The van der Waals surface area contributed by atoms with Crippen molar-refractivity contribution >= 4 is 29.2 Å². The fourth-order valence-corrected chi connectivity index (χ4v) is 2.81. The third kappa shape index (κ3) is 2.75. The topological polar surface area (TPSA) is 37.8 Å². The molecule has 1 saturated heterocycles.